The van der Waals surface area contributed by atoms with E-state index in [1.807, 2.05) is 17.3 Å². The molecule has 1 saturated heterocycles. The van der Waals surface area contributed by atoms with Crippen molar-refractivity contribution >= 4 is 5.91 Å². The van der Waals surface area contributed by atoms with Gasteiger partial charge in [-0.1, -0.05) is 0 Å². The number of hydrogen-bond acceptors (Lipinski definition) is 4. The molecule has 1 aliphatic heterocycles. The van der Waals surface area contributed by atoms with Gasteiger partial charge in [-0.15, -0.1) is 0 Å². The van der Waals surface area contributed by atoms with Crippen molar-refractivity contribution in [1.82, 2.24) is 20.1 Å². The first-order valence-corrected chi connectivity index (χ1v) is 7.91. The van der Waals surface area contributed by atoms with Gasteiger partial charge in [0.05, 0.1) is 6.54 Å². The molecule has 0 aromatic carbocycles. The zero-order valence-corrected chi connectivity index (χ0v) is 12.5. The molecule has 1 amide bonds. The van der Waals surface area contributed by atoms with E-state index < -0.39 is 0 Å². The lowest BCUT2D eigenvalue weighted by Gasteiger charge is -2.34. The quantitative estimate of drug-likeness (QED) is 0.838. The Morgan fingerprint density at radius 3 is 2.57 bits per heavy atom. The van der Waals surface area contributed by atoms with Gasteiger partial charge in [-0.2, -0.15) is 0 Å². The molecule has 5 heteroatoms. The summed E-state index contributed by atoms with van der Waals surface area (Å²) in [7, 11) is 0. The Hall–Kier alpha value is -1.46. The fraction of sp³-hybridized carbons (Fsp3) is 0.625. The van der Waals surface area contributed by atoms with Crippen molar-refractivity contribution < 1.29 is 4.79 Å². The Labute approximate surface area is 126 Å². The molecule has 2 fully saturated rings. The van der Waals surface area contributed by atoms with Crippen LogP contribution in [0.1, 0.15) is 18.4 Å². The predicted octanol–water partition coefficient (Wildman–Crippen LogP) is 0.725. The number of piperazine rings is 1. The molecule has 0 bridgehead atoms. The fourth-order valence-electron chi connectivity index (χ4n) is 2.72. The van der Waals surface area contributed by atoms with E-state index in [4.69, 9.17) is 0 Å². The van der Waals surface area contributed by atoms with Gasteiger partial charge in [-0.05, 0) is 43.0 Å². The summed E-state index contributed by atoms with van der Waals surface area (Å²) in [6, 6.07) is 4.11. The molecule has 21 heavy (non-hydrogen) atoms. The van der Waals surface area contributed by atoms with Crippen molar-refractivity contribution in [2.24, 2.45) is 5.92 Å². The normalized spacial score (nSPS) is 19.7. The minimum absolute atomic E-state index is 0.249. The maximum atomic E-state index is 12.1. The van der Waals surface area contributed by atoms with Gasteiger partial charge in [-0.3, -0.25) is 14.7 Å². The molecule has 1 aromatic heterocycles. The Balaban J connectivity index is 1.36. The zero-order valence-electron chi connectivity index (χ0n) is 12.5. The molecular weight excluding hydrogens is 264 g/mol. The number of amides is 1. The first kappa shape index (κ1) is 14.5. The van der Waals surface area contributed by atoms with Crippen LogP contribution in [0.2, 0.25) is 0 Å². The molecule has 0 unspecified atom stereocenters. The third-order valence-electron chi connectivity index (χ3n) is 4.29. The number of aromatic nitrogens is 1. The average molecular weight is 288 g/mol. The zero-order chi connectivity index (χ0) is 14.5. The van der Waals surface area contributed by atoms with Gasteiger partial charge in [-0.25, -0.2) is 0 Å². The van der Waals surface area contributed by atoms with E-state index >= 15 is 0 Å². The summed E-state index contributed by atoms with van der Waals surface area (Å²) in [4.78, 5) is 20.5. The van der Waals surface area contributed by atoms with Crippen molar-refractivity contribution in [3.8, 4) is 0 Å². The highest BCUT2D eigenvalue weighted by Crippen LogP contribution is 2.27. The Morgan fingerprint density at radius 1 is 1.19 bits per heavy atom. The lowest BCUT2D eigenvalue weighted by Crippen LogP contribution is -2.50. The van der Waals surface area contributed by atoms with Crippen LogP contribution in [-0.2, 0) is 11.3 Å². The Morgan fingerprint density at radius 2 is 1.90 bits per heavy atom. The lowest BCUT2D eigenvalue weighted by atomic mass is 10.2. The second-order valence-corrected chi connectivity index (χ2v) is 6.09. The number of carbonyl (C=O) groups is 1. The lowest BCUT2D eigenvalue weighted by molar-refractivity contribution is -0.132. The van der Waals surface area contributed by atoms with Crippen LogP contribution in [0.25, 0.3) is 0 Å². The average Bonchev–Trinajstić information content (AvgIpc) is 3.33. The predicted molar refractivity (Wildman–Crippen MR) is 81.7 cm³/mol. The maximum absolute atomic E-state index is 12.1. The van der Waals surface area contributed by atoms with Crippen LogP contribution in [0.5, 0.6) is 0 Å². The largest absolute Gasteiger partial charge is 0.339 e. The summed E-state index contributed by atoms with van der Waals surface area (Å²) >= 11 is 0. The van der Waals surface area contributed by atoms with Crippen molar-refractivity contribution in [1.29, 1.82) is 0 Å². The molecule has 3 rings (SSSR count). The third kappa shape index (κ3) is 4.51. The molecule has 114 valence electrons. The fourth-order valence-corrected chi connectivity index (χ4v) is 2.72. The van der Waals surface area contributed by atoms with Gasteiger partial charge in [0.25, 0.3) is 0 Å². The first-order valence-electron chi connectivity index (χ1n) is 7.91. The highest BCUT2D eigenvalue weighted by Gasteiger charge is 2.23. The highest BCUT2D eigenvalue weighted by atomic mass is 16.2. The number of nitrogens with one attached hydrogen (secondary N) is 1. The number of pyridine rings is 1. The summed E-state index contributed by atoms with van der Waals surface area (Å²) in [6.45, 7) is 6.05. The molecular formula is C16H24N4O. The van der Waals surface area contributed by atoms with E-state index in [0.717, 1.165) is 45.2 Å². The first-order chi connectivity index (χ1) is 10.3. The second kappa shape index (κ2) is 7.00. The van der Waals surface area contributed by atoms with E-state index in [1.165, 1.54) is 18.4 Å². The molecule has 5 nitrogen and oxygen atoms in total. The molecule has 1 aromatic rings. The van der Waals surface area contributed by atoms with Crippen LogP contribution < -0.4 is 5.32 Å². The maximum Gasteiger partial charge on any atom is 0.236 e. The van der Waals surface area contributed by atoms with E-state index in [9.17, 15) is 4.79 Å². The van der Waals surface area contributed by atoms with Gasteiger partial charge >= 0.3 is 0 Å². The third-order valence-corrected chi connectivity index (χ3v) is 4.29. The number of nitrogens with zero attached hydrogens (tertiary/aromatic N) is 3. The Kier molecular flexibility index (Phi) is 4.83. The molecule has 2 heterocycles. The van der Waals surface area contributed by atoms with Gasteiger partial charge in [0, 0.05) is 45.1 Å². The van der Waals surface area contributed by atoms with Crippen LogP contribution in [0, 0.1) is 5.92 Å². The number of hydrogen-bond donors (Lipinski definition) is 1. The summed E-state index contributed by atoms with van der Waals surface area (Å²) in [5, 5.41) is 3.28. The molecule has 0 atom stereocenters. The Bertz CT molecular complexity index is 453. The topological polar surface area (TPSA) is 48.5 Å². The van der Waals surface area contributed by atoms with E-state index in [0.29, 0.717) is 6.54 Å². The highest BCUT2D eigenvalue weighted by molar-refractivity contribution is 5.78. The van der Waals surface area contributed by atoms with Gasteiger partial charge in [0.2, 0.25) is 5.91 Å². The van der Waals surface area contributed by atoms with E-state index in [2.05, 4.69) is 27.3 Å². The van der Waals surface area contributed by atoms with Gasteiger partial charge in [0.1, 0.15) is 0 Å². The van der Waals surface area contributed by atoms with Crippen molar-refractivity contribution in [2.45, 2.75) is 19.4 Å². The SMILES string of the molecule is O=C(CNCC1CC1)N1CCN(Cc2ccncc2)CC1. The second-order valence-electron chi connectivity index (χ2n) is 6.09. The van der Waals surface area contributed by atoms with Crippen molar-refractivity contribution in [2.75, 3.05) is 39.3 Å². The summed E-state index contributed by atoms with van der Waals surface area (Å²) < 4.78 is 0. The minimum atomic E-state index is 0.249. The molecule has 2 aliphatic rings. The van der Waals surface area contributed by atoms with E-state index in [1.54, 1.807) is 0 Å². The van der Waals surface area contributed by atoms with Crippen LogP contribution in [-0.4, -0.2) is 60.0 Å². The number of rotatable bonds is 6. The van der Waals surface area contributed by atoms with Crippen LogP contribution in [0.4, 0.5) is 0 Å². The van der Waals surface area contributed by atoms with Crippen molar-refractivity contribution in [3.05, 3.63) is 30.1 Å². The van der Waals surface area contributed by atoms with Crippen LogP contribution in [0.15, 0.2) is 24.5 Å². The van der Waals surface area contributed by atoms with Crippen LogP contribution >= 0.6 is 0 Å². The minimum Gasteiger partial charge on any atom is -0.339 e. The van der Waals surface area contributed by atoms with Crippen molar-refractivity contribution in [3.63, 3.8) is 0 Å². The monoisotopic (exact) mass is 288 g/mol. The smallest absolute Gasteiger partial charge is 0.236 e. The summed E-state index contributed by atoms with van der Waals surface area (Å²) in [6.07, 6.45) is 6.32. The van der Waals surface area contributed by atoms with Gasteiger partial charge < -0.3 is 10.2 Å². The summed E-state index contributed by atoms with van der Waals surface area (Å²) in [5.41, 5.74) is 1.29. The summed E-state index contributed by atoms with van der Waals surface area (Å²) in [5.74, 6) is 1.08. The van der Waals surface area contributed by atoms with Gasteiger partial charge in [0.15, 0.2) is 0 Å². The molecule has 1 aliphatic carbocycles. The standard InChI is InChI=1S/C16H24N4O/c21-16(12-18-11-14-1-2-14)20-9-7-19(8-10-20)13-15-3-5-17-6-4-15/h3-6,14,18H,1-2,7-13H2. The molecule has 0 spiro atoms. The molecule has 0 radical (unpaired) electrons. The van der Waals surface area contributed by atoms with E-state index in [-0.39, 0.29) is 5.91 Å². The molecule has 1 saturated carbocycles. The molecule has 1 N–H and O–H groups in total. The van der Waals surface area contributed by atoms with Crippen LogP contribution in [0.3, 0.4) is 0 Å². The number of carbonyl (C=O) groups excluding carboxylic acids is 1.